The topological polar surface area (TPSA) is 90.2 Å². The Morgan fingerprint density at radius 3 is 1.81 bits per heavy atom. The minimum atomic E-state index is -1.80. The molecule has 1 saturated heterocycles. The molecule has 16 heavy (non-hydrogen) atoms. The summed E-state index contributed by atoms with van der Waals surface area (Å²) in [5.74, 6) is 0. The van der Waals surface area contributed by atoms with Gasteiger partial charge in [-0.15, -0.1) is 0 Å². The number of hydrogen-bond acceptors (Lipinski definition) is 5. The first-order valence-electron chi connectivity index (χ1n) is 5.40. The molecular formula is C11H22O5. The summed E-state index contributed by atoms with van der Waals surface area (Å²) in [4.78, 5) is 0. The lowest BCUT2D eigenvalue weighted by molar-refractivity contribution is -0.371. The average molecular weight is 234 g/mol. The van der Waals surface area contributed by atoms with Crippen molar-refractivity contribution in [3.8, 4) is 0 Å². The Kier molecular flexibility index (Phi) is 2.94. The Hall–Kier alpha value is -0.200. The molecule has 0 bridgehead atoms. The molecule has 5 atom stereocenters. The van der Waals surface area contributed by atoms with E-state index in [1.807, 2.05) is 0 Å². The molecule has 5 unspecified atom stereocenters. The predicted molar refractivity (Wildman–Crippen MR) is 57.9 cm³/mol. The third kappa shape index (κ3) is 1.36. The highest BCUT2D eigenvalue weighted by molar-refractivity contribution is 5.19. The van der Waals surface area contributed by atoms with Crippen LogP contribution in [0.15, 0.2) is 0 Å². The van der Waals surface area contributed by atoms with Gasteiger partial charge in [0.1, 0.15) is 22.4 Å². The summed E-state index contributed by atoms with van der Waals surface area (Å²) >= 11 is 0. The molecule has 1 rings (SSSR count). The quantitative estimate of drug-likeness (QED) is 0.487. The van der Waals surface area contributed by atoms with Crippen molar-refractivity contribution in [2.45, 2.75) is 63.1 Å². The Bertz CT molecular complexity index is 278. The standard InChI is InChI=1S/C11H22O5/c1-7-9(3,13)11(5,15)10(4,14)8(2,6-12)16-7/h7,12-15H,6H2,1-5H3. The monoisotopic (exact) mass is 234 g/mol. The number of aliphatic hydroxyl groups excluding tert-OH is 1. The zero-order valence-corrected chi connectivity index (χ0v) is 10.5. The SMILES string of the molecule is CC1OC(C)(CO)C(C)(O)C(C)(O)C1(C)O. The molecule has 4 N–H and O–H groups in total. The van der Waals surface area contributed by atoms with Gasteiger partial charge in [-0.3, -0.25) is 0 Å². The molecule has 96 valence electrons. The van der Waals surface area contributed by atoms with E-state index in [0.29, 0.717) is 0 Å². The summed E-state index contributed by atoms with van der Waals surface area (Å²) in [6.45, 7) is 6.76. The maximum atomic E-state index is 10.4. The Labute approximate surface area is 95.7 Å². The molecule has 1 heterocycles. The molecule has 1 fully saturated rings. The van der Waals surface area contributed by atoms with Crippen LogP contribution in [0.2, 0.25) is 0 Å². The second-order valence-corrected chi connectivity index (χ2v) is 5.44. The van der Waals surface area contributed by atoms with Crippen LogP contribution in [0, 0.1) is 0 Å². The van der Waals surface area contributed by atoms with Gasteiger partial charge in [0.25, 0.3) is 0 Å². The van der Waals surface area contributed by atoms with Gasteiger partial charge in [0, 0.05) is 0 Å². The second-order valence-electron chi connectivity index (χ2n) is 5.44. The van der Waals surface area contributed by atoms with Crippen molar-refractivity contribution in [3.63, 3.8) is 0 Å². The Balaban J connectivity index is 3.32. The van der Waals surface area contributed by atoms with Crippen molar-refractivity contribution in [3.05, 3.63) is 0 Å². The fourth-order valence-electron chi connectivity index (χ4n) is 2.21. The molecule has 0 saturated carbocycles. The summed E-state index contributed by atoms with van der Waals surface area (Å²) in [6, 6.07) is 0. The fraction of sp³-hybridized carbons (Fsp3) is 1.00. The van der Waals surface area contributed by atoms with Gasteiger partial charge in [-0.1, -0.05) is 0 Å². The van der Waals surface area contributed by atoms with E-state index in [0.717, 1.165) is 0 Å². The maximum Gasteiger partial charge on any atom is 0.124 e. The van der Waals surface area contributed by atoms with Crippen LogP contribution >= 0.6 is 0 Å². The molecule has 0 spiro atoms. The molecule has 5 heteroatoms. The molecule has 1 aliphatic rings. The normalized spacial score (nSPS) is 58.7. The molecule has 0 aromatic heterocycles. The lowest BCUT2D eigenvalue weighted by atomic mass is 9.62. The van der Waals surface area contributed by atoms with E-state index in [1.54, 1.807) is 6.92 Å². The van der Waals surface area contributed by atoms with Gasteiger partial charge in [-0.05, 0) is 34.6 Å². The van der Waals surface area contributed by atoms with Crippen LogP contribution in [0.25, 0.3) is 0 Å². The highest BCUT2D eigenvalue weighted by Gasteiger charge is 2.68. The first kappa shape index (κ1) is 13.9. The first-order valence-corrected chi connectivity index (χ1v) is 5.40. The second kappa shape index (κ2) is 3.40. The van der Waals surface area contributed by atoms with Crippen molar-refractivity contribution >= 4 is 0 Å². The third-order valence-corrected chi connectivity index (χ3v) is 4.49. The van der Waals surface area contributed by atoms with E-state index in [2.05, 4.69) is 0 Å². The van der Waals surface area contributed by atoms with E-state index in [4.69, 9.17) is 4.74 Å². The predicted octanol–water partition coefficient (Wildman–Crippen LogP) is -0.591. The smallest absolute Gasteiger partial charge is 0.124 e. The number of hydrogen-bond donors (Lipinski definition) is 4. The molecule has 1 aliphatic heterocycles. The van der Waals surface area contributed by atoms with Gasteiger partial charge < -0.3 is 25.2 Å². The molecular weight excluding hydrogens is 212 g/mol. The largest absolute Gasteiger partial charge is 0.393 e. The summed E-state index contributed by atoms with van der Waals surface area (Å²) < 4.78 is 5.48. The average Bonchev–Trinajstić information content (AvgIpc) is 2.14. The zero-order valence-electron chi connectivity index (χ0n) is 10.5. The van der Waals surface area contributed by atoms with E-state index in [1.165, 1.54) is 27.7 Å². The first-order chi connectivity index (χ1) is 6.94. The molecule has 0 aliphatic carbocycles. The van der Waals surface area contributed by atoms with Crippen molar-refractivity contribution in [1.29, 1.82) is 0 Å². The third-order valence-electron chi connectivity index (χ3n) is 4.49. The number of ether oxygens (including phenoxy) is 1. The van der Waals surface area contributed by atoms with Crippen molar-refractivity contribution in [2.24, 2.45) is 0 Å². The van der Waals surface area contributed by atoms with Crippen molar-refractivity contribution < 1.29 is 25.2 Å². The minimum Gasteiger partial charge on any atom is -0.393 e. The van der Waals surface area contributed by atoms with Crippen molar-refractivity contribution in [2.75, 3.05) is 6.61 Å². The summed E-state index contributed by atoms with van der Waals surface area (Å²) in [5.41, 5.74) is -6.50. The lowest BCUT2D eigenvalue weighted by Gasteiger charge is -2.61. The van der Waals surface area contributed by atoms with E-state index >= 15 is 0 Å². The molecule has 0 aromatic rings. The van der Waals surface area contributed by atoms with Crippen LogP contribution in [0.4, 0.5) is 0 Å². The lowest BCUT2D eigenvalue weighted by Crippen LogP contribution is -2.80. The Morgan fingerprint density at radius 1 is 1.00 bits per heavy atom. The van der Waals surface area contributed by atoms with E-state index in [-0.39, 0.29) is 0 Å². The molecule has 5 nitrogen and oxygen atoms in total. The van der Waals surface area contributed by atoms with Gasteiger partial charge in [0.05, 0.1) is 12.7 Å². The van der Waals surface area contributed by atoms with Gasteiger partial charge in [-0.2, -0.15) is 0 Å². The molecule has 0 amide bonds. The number of aliphatic hydroxyl groups is 4. The van der Waals surface area contributed by atoms with Gasteiger partial charge >= 0.3 is 0 Å². The Morgan fingerprint density at radius 2 is 1.44 bits per heavy atom. The van der Waals surface area contributed by atoms with Crippen LogP contribution in [-0.4, -0.2) is 55.5 Å². The van der Waals surface area contributed by atoms with Gasteiger partial charge in [0.2, 0.25) is 0 Å². The van der Waals surface area contributed by atoms with Crippen LogP contribution < -0.4 is 0 Å². The highest BCUT2D eigenvalue weighted by Crippen LogP contribution is 2.48. The maximum absolute atomic E-state index is 10.4. The molecule has 0 radical (unpaired) electrons. The van der Waals surface area contributed by atoms with Crippen LogP contribution in [0.3, 0.4) is 0 Å². The zero-order chi connectivity index (χ0) is 13.0. The summed E-state index contributed by atoms with van der Waals surface area (Å²) in [5, 5.41) is 40.3. The van der Waals surface area contributed by atoms with Gasteiger partial charge in [0.15, 0.2) is 0 Å². The minimum absolute atomic E-state index is 0.448. The van der Waals surface area contributed by atoms with Crippen molar-refractivity contribution in [1.82, 2.24) is 0 Å². The van der Waals surface area contributed by atoms with E-state index in [9.17, 15) is 20.4 Å². The van der Waals surface area contributed by atoms with Gasteiger partial charge in [-0.25, -0.2) is 0 Å². The van der Waals surface area contributed by atoms with Crippen LogP contribution in [0.1, 0.15) is 34.6 Å². The van der Waals surface area contributed by atoms with Crippen LogP contribution in [-0.2, 0) is 4.74 Å². The van der Waals surface area contributed by atoms with E-state index < -0.39 is 35.1 Å². The highest BCUT2D eigenvalue weighted by atomic mass is 16.6. The number of rotatable bonds is 1. The fourth-order valence-corrected chi connectivity index (χ4v) is 2.21. The summed E-state index contributed by atoms with van der Waals surface area (Å²) in [7, 11) is 0. The summed E-state index contributed by atoms with van der Waals surface area (Å²) in [6.07, 6.45) is -0.708. The molecule has 0 aromatic carbocycles. The van der Waals surface area contributed by atoms with Crippen LogP contribution in [0.5, 0.6) is 0 Å².